The number of rotatable bonds is 0. The number of hydrogen-bond acceptors (Lipinski definition) is 2. The molecule has 0 nitrogen and oxygen atoms in total. The Morgan fingerprint density at radius 2 is 1.81 bits per heavy atom. The van der Waals surface area contributed by atoms with Crippen LogP contribution in [0.1, 0.15) is 58.8 Å². The van der Waals surface area contributed by atoms with Crippen LogP contribution in [0.2, 0.25) is 0 Å². The Hall–Kier alpha value is 0.370. The Morgan fingerprint density at radius 1 is 1.12 bits per heavy atom. The van der Waals surface area contributed by atoms with E-state index in [0.717, 1.165) is 32.1 Å². The first kappa shape index (κ1) is 14.4. The third kappa shape index (κ3) is 4.70. The monoisotopic (exact) mass is 262 g/mol. The molecular formula is C13H23FS2. The molecule has 0 fully saturated rings. The summed E-state index contributed by atoms with van der Waals surface area (Å²) in [5.41, 5.74) is 1.27. The number of thiol groups is 2. The van der Waals surface area contributed by atoms with E-state index in [1.165, 1.54) is 5.57 Å². The van der Waals surface area contributed by atoms with E-state index in [-0.39, 0.29) is 4.75 Å². The lowest BCUT2D eigenvalue weighted by atomic mass is 9.93. The molecule has 1 aliphatic carbocycles. The van der Waals surface area contributed by atoms with Crippen LogP contribution >= 0.6 is 25.3 Å². The summed E-state index contributed by atoms with van der Waals surface area (Å²) in [6.45, 7) is 4.17. The molecule has 0 radical (unpaired) electrons. The summed E-state index contributed by atoms with van der Waals surface area (Å²) in [7, 11) is 0. The Kier molecular flexibility index (Phi) is 5.24. The third-order valence-electron chi connectivity index (χ3n) is 3.56. The van der Waals surface area contributed by atoms with Crippen LogP contribution in [0.3, 0.4) is 0 Å². The zero-order chi connectivity index (χ0) is 12.2. The van der Waals surface area contributed by atoms with Gasteiger partial charge in [-0.15, -0.1) is 12.6 Å². The van der Waals surface area contributed by atoms with Crippen molar-refractivity contribution in [3.8, 4) is 0 Å². The van der Waals surface area contributed by atoms with Crippen molar-refractivity contribution >= 4 is 25.3 Å². The third-order valence-corrected chi connectivity index (χ3v) is 4.58. The average Bonchev–Trinajstić information content (AvgIpc) is 2.20. The molecular weight excluding hydrogens is 239 g/mol. The summed E-state index contributed by atoms with van der Waals surface area (Å²) in [6.07, 6.45) is 8.34. The average molecular weight is 262 g/mol. The number of hydrogen-bond donors (Lipinski definition) is 2. The molecule has 0 amide bonds. The lowest BCUT2D eigenvalue weighted by molar-refractivity contribution is 0.240. The van der Waals surface area contributed by atoms with Crippen molar-refractivity contribution in [1.82, 2.24) is 0 Å². The van der Waals surface area contributed by atoms with Crippen molar-refractivity contribution in [3.05, 3.63) is 11.6 Å². The summed E-state index contributed by atoms with van der Waals surface area (Å²) in [5.74, 6) is 0. The lowest BCUT2D eigenvalue weighted by Gasteiger charge is -2.28. The molecule has 0 saturated carbocycles. The van der Waals surface area contributed by atoms with E-state index in [4.69, 9.17) is 0 Å². The Bertz CT molecular complexity index is 257. The summed E-state index contributed by atoms with van der Waals surface area (Å²) >= 11 is 8.80. The van der Waals surface area contributed by atoms with Crippen LogP contribution in [0.4, 0.5) is 4.39 Å². The van der Waals surface area contributed by atoms with Crippen molar-refractivity contribution in [1.29, 1.82) is 0 Å². The van der Waals surface area contributed by atoms with E-state index in [2.05, 4.69) is 45.2 Å². The minimum absolute atomic E-state index is 0.190. The highest BCUT2D eigenvalue weighted by Crippen LogP contribution is 2.37. The van der Waals surface area contributed by atoms with Crippen molar-refractivity contribution in [2.24, 2.45) is 0 Å². The molecule has 0 aliphatic heterocycles. The van der Waals surface area contributed by atoms with Crippen molar-refractivity contribution in [2.75, 3.05) is 0 Å². The van der Waals surface area contributed by atoms with Crippen LogP contribution in [0.25, 0.3) is 0 Å². The van der Waals surface area contributed by atoms with E-state index >= 15 is 0 Å². The first-order chi connectivity index (χ1) is 7.33. The topological polar surface area (TPSA) is 0 Å². The molecule has 0 aromatic heterocycles. The maximum absolute atomic E-state index is 14.0. The molecule has 0 heterocycles. The molecule has 0 spiro atoms. The van der Waals surface area contributed by atoms with Gasteiger partial charge in [0.2, 0.25) is 0 Å². The van der Waals surface area contributed by atoms with Crippen LogP contribution in [0, 0.1) is 0 Å². The van der Waals surface area contributed by atoms with Crippen LogP contribution in [-0.4, -0.2) is 9.75 Å². The number of alkyl halides is 1. The number of halogens is 1. The summed E-state index contributed by atoms with van der Waals surface area (Å²) < 4.78 is 13.8. The Morgan fingerprint density at radius 3 is 2.50 bits per heavy atom. The highest BCUT2D eigenvalue weighted by Gasteiger charge is 2.30. The van der Waals surface area contributed by atoms with Crippen molar-refractivity contribution in [3.63, 3.8) is 0 Å². The van der Waals surface area contributed by atoms with Gasteiger partial charge in [-0.1, -0.05) is 18.1 Å². The minimum atomic E-state index is -1.31. The van der Waals surface area contributed by atoms with Crippen molar-refractivity contribution < 1.29 is 4.39 Å². The van der Waals surface area contributed by atoms with Gasteiger partial charge in [-0.2, -0.15) is 12.6 Å². The SMILES string of the molecule is C/C1=C/CCCCCC(F)(S)CCC1(C)S. The standard InChI is InChI=1S/C13H23FS2/c1-11-7-5-3-4-6-8-13(14,16)10-9-12(11,2)15/h7,15-16H,3-6,8-10H2,1-2H3/b11-7-. The maximum Gasteiger partial charge on any atom is 0.153 e. The Balaban J connectivity index is 2.73. The van der Waals surface area contributed by atoms with E-state index in [1.54, 1.807) is 0 Å². The Labute approximate surface area is 110 Å². The van der Waals surface area contributed by atoms with Gasteiger partial charge in [0, 0.05) is 4.75 Å². The molecule has 1 aliphatic rings. The molecule has 16 heavy (non-hydrogen) atoms. The smallest absolute Gasteiger partial charge is 0.153 e. The molecule has 2 unspecified atom stereocenters. The lowest BCUT2D eigenvalue weighted by Crippen LogP contribution is -2.24. The van der Waals surface area contributed by atoms with Gasteiger partial charge in [0.25, 0.3) is 0 Å². The van der Waals surface area contributed by atoms with Crippen LogP contribution in [0.5, 0.6) is 0 Å². The van der Waals surface area contributed by atoms with Gasteiger partial charge in [0.15, 0.2) is 5.00 Å². The van der Waals surface area contributed by atoms with Gasteiger partial charge >= 0.3 is 0 Å². The van der Waals surface area contributed by atoms with E-state index in [9.17, 15) is 4.39 Å². The second-order valence-electron chi connectivity index (χ2n) is 5.18. The van der Waals surface area contributed by atoms with E-state index in [0.29, 0.717) is 12.8 Å². The van der Waals surface area contributed by atoms with Crippen LogP contribution in [-0.2, 0) is 0 Å². The summed E-state index contributed by atoms with van der Waals surface area (Å²) in [4.78, 5) is 0. The molecule has 0 bridgehead atoms. The van der Waals surface area contributed by atoms with Gasteiger partial charge in [-0.25, -0.2) is 4.39 Å². The van der Waals surface area contributed by atoms with Gasteiger partial charge in [-0.05, 0) is 52.4 Å². The highest BCUT2D eigenvalue weighted by molar-refractivity contribution is 7.82. The second kappa shape index (κ2) is 5.81. The normalized spacial score (nSPS) is 41.9. The minimum Gasteiger partial charge on any atom is -0.232 e. The summed E-state index contributed by atoms with van der Waals surface area (Å²) in [5, 5.41) is -1.31. The fraction of sp³-hybridized carbons (Fsp3) is 0.846. The quantitative estimate of drug-likeness (QED) is 0.447. The zero-order valence-electron chi connectivity index (χ0n) is 10.3. The first-order valence-corrected chi connectivity index (χ1v) is 7.04. The molecule has 0 aromatic carbocycles. The predicted octanol–water partition coefficient (Wildman–Crippen LogP) is 4.96. The van der Waals surface area contributed by atoms with Gasteiger partial charge in [0.1, 0.15) is 0 Å². The molecule has 1 rings (SSSR count). The van der Waals surface area contributed by atoms with E-state index in [1.807, 2.05) is 0 Å². The predicted molar refractivity (Wildman–Crippen MR) is 76.3 cm³/mol. The largest absolute Gasteiger partial charge is 0.232 e. The highest BCUT2D eigenvalue weighted by atomic mass is 32.1. The van der Waals surface area contributed by atoms with Crippen LogP contribution in [0.15, 0.2) is 11.6 Å². The fourth-order valence-electron chi connectivity index (χ4n) is 2.01. The molecule has 0 aromatic rings. The number of allylic oxidation sites excluding steroid dienone is 1. The van der Waals surface area contributed by atoms with Gasteiger partial charge in [-0.3, -0.25) is 0 Å². The molecule has 3 heteroatoms. The molecule has 2 atom stereocenters. The van der Waals surface area contributed by atoms with E-state index < -0.39 is 5.00 Å². The first-order valence-electron chi connectivity index (χ1n) is 6.14. The van der Waals surface area contributed by atoms with Crippen molar-refractivity contribution in [2.45, 2.75) is 68.5 Å². The molecule has 94 valence electrons. The van der Waals surface area contributed by atoms with Gasteiger partial charge in [0.05, 0.1) is 0 Å². The second-order valence-corrected chi connectivity index (χ2v) is 6.97. The fourth-order valence-corrected chi connectivity index (χ4v) is 2.49. The summed E-state index contributed by atoms with van der Waals surface area (Å²) in [6, 6.07) is 0. The maximum atomic E-state index is 14.0. The molecule has 0 N–H and O–H groups in total. The van der Waals surface area contributed by atoms with Gasteiger partial charge < -0.3 is 0 Å². The molecule has 0 saturated heterocycles. The van der Waals surface area contributed by atoms with Crippen LogP contribution < -0.4 is 0 Å². The zero-order valence-corrected chi connectivity index (χ0v) is 12.1.